The molecule has 1 rings (SSSR count). The number of nitrogens with zero attached hydrogens (tertiary/aromatic N) is 1. The summed E-state index contributed by atoms with van der Waals surface area (Å²) in [6.45, 7) is 6.72. The maximum Gasteiger partial charge on any atom is 0.210 e. The summed E-state index contributed by atoms with van der Waals surface area (Å²) in [6, 6.07) is 4.10. The molecule has 0 atom stereocenters. The molecular formula is C11H17BrN4. The highest BCUT2D eigenvalue weighted by molar-refractivity contribution is 9.10. The summed E-state index contributed by atoms with van der Waals surface area (Å²) in [7, 11) is 0. The quantitative estimate of drug-likeness (QED) is 0.338. The van der Waals surface area contributed by atoms with Crippen LogP contribution in [0.5, 0.6) is 0 Å². The minimum Gasteiger partial charge on any atom is -0.325 e. The predicted molar refractivity (Wildman–Crippen MR) is 72.5 cm³/mol. The topological polar surface area (TPSA) is 62.4 Å². The molecule has 4 nitrogen and oxygen atoms in total. The van der Waals surface area contributed by atoms with Crippen molar-refractivity contribution in [2.45, 2.75) is 20.8 Å². The van der Waals surface area contributed by atoms with E-state index in [-0.39, 0.29) is 0 Å². The SMILES string of the molecule is CCN=C(NN)Nc1c(C)cc(Br)cc1C. The number of benzene rings is 1. The standard InChI is InChI=1S/C11H17BrN4/c1-4-14-11(16-13)15-10-7(2)5-9(12)6-8(10)3/h5-6H,4,13H2,1-3H3,(H2,14,15,16). The maximum atomic E-state index is 5.38. The minimum absolute atomic E-state index is 0.580. The van der Waals surface area contributed by atoms with E-state index < -0.39 is 0 Å². The molecule has 0 saturated carbocycles. The molecule has 0 aromatic heterocycles. The van der Waals surface area contributed by atoms with Crippen molar-refractivity contribution in [2.24, 2.45) is 10.8 Å². The van der Waals surface area contributed by atoms with Crippen molar-refractivity contribution in [1.29, 1.82) is 0 Å². The molecule has 0 radical (unpaired) electrons. The Hall–Kier alpha value is -1.07. The van der Waals surface area contributed by atoms with Gasteiger partial charge in [-0.3, -0.25) is 10.4 Å². The summed E-state index contributed by atoms with van der Waals surface area (Å²) >= 11 is 3.46. The van der Waals surface area contributed by atoms with E-state index in [0.29, 0.717) is 12.5 Å². The van der Waals surface area contributed by atoms with Crippen molar-refractivity contribution >= 4 is 27.6 Å². The lowest BCUT2D eigenvalue weighted by molar-refractivity contribution is 0.985. The number of hydrazine groups is 1. The fourth-order valence-corrected chi connectivity index (χ4v) is 2.19. The molecule has 0 aliphatic heterocycles. The average molecular weight is 285 g/mol. The highest BCUT2D eigenvalue weighted by Crippen LogP contribution is 2.24. The Labute approximate surface area is 104 Å². The molecule has 1 aromatic rings. The van der Waals surface area contributed by atoms with Crippen LogP contribution in [0.3, 0.4) is 0 Å². The molecule has 0 unspecified atom stereocenters. The van der Waals surface area contributed by atoms with E-state index in [1.165, 1.54) is 0 Å². The van der Waals surface area contributed by atoms with Gasteiger partial charge in [0.25, 0.3) is 0 Å². The molecule has 0 amide bonds. The van der Waals surface area contributed by atoms with Gasteiger partial charge < -0.3 is 5.32 Å². The van der Waals surface area contributed by atoms with Crippen LogP contribution in [0.1, 0.15) is 18.1 Å². The summed E-state index contributed by atoms with van der Waals surface area (Å²) in [6.07, 6.45) is 0. The van der Waals surface area contributed by atoms with Crippen molar-refractivity contribution in [2.75, 3.05) is 11.9 Å². The lowest BCUT2D eigenvalue weighted by Crippen LogP contribution is -2.36. The minimum atomic E-state index is 0.580. The molecule has 4 N–H and O–H groups in total. The first-order valence-electron chi connectivity index (χ1n) is 5.13. The van der Waals surface area contributed by atoms with E-state index >= 15 is 0 Å². The van der Waals surface area contributed by atoms with Gasteiger partial charge in [0.1, 0.15) is 0 Å². The zero-order valence-corrected chi connectivity index (χ0v) is 11.4. The van der Waals surface area contributed by atoms with Crippen molar-refractivity contribution in [1.82, 2.24) is 5.43 Å². The number of rotatable bonds is 2. The zero-order valence-electron chi connectivity index (χ0n) is 9.76. The molecule has 0 aliphatic rings. The number of aryl methyl sites for hydroxylation is 2. The van der Waals surface area contributed by atoms with Gasteiger partial charge in [-0.1, -0.05) is 15.9 Å². The van der Waals surface area contributed by atoms with Gasteiger partial charge in [-0.2, -0.15) is 0 Å². The van der Waals surface area contributed by atoms with E-state index in [2.05, 4.69) is 43.8 Å². The Balaban J connectivity index is 3.01. The van der Waals surface area contributed by atoms with Crippen molar-refractivity contribution in [3.8, 4) is 0 Å². The Kier molecular flexibility index (Phi) is 4.76. The highest BCUT2D eigenvalue weighted by Gasteiger charge is 2.05. The van der Waals surface area contributed by atoms with Gasteiger partial charge in [-0.15, -0.1) is 0 Å². The Morgan fingerprint density at radius 1 is 1.38 bits per heavy atom. The van der Waals surface area contributed by atoms with E-state index in [4.69, 9.17) is 5.84 Å². The lowest BCUT2D eigenvalue weighted by Gasteiger charge is -2.14. The van der Waals surface area contributed by atoms with Crippen molar-refractivity contribution in [3.63, 3.8) is 0 Å². The average Bonchev–Trinajstić information content (AvgIpc) is 2.21. The molecule has 0 aliphatic carbocycles. The van der Waals surface area contributed by atoms with Crippen molar-refractivity contribution in [3.05, 3.63) is 27.7 Å². The normalized spacial score (nSPS) is 11.4. The van der Waals surface area contributed by atoms with Crippen molar-refractivity contribution < 1.29 is 0 Å². The number of guanidine groups is 1. The second-order valence-electron chi connectivity index (χ2n) is 3.51. The first-order chi connectivity index (χ1) is 7.58. The van der Waals surface area contributed by atoms with Gasteiger partial charge in [0.05, 0.1) is 0 Å². The lowest BCUT2D eigenvalue weighted by atomic mass is 10.1. The molecule has 16 heavy (non-hydrogen) atoms. The smallest absolute Gasteiger partial charge is 0.210 e. The molecule has 0 spiro atoms. The van der Waals surface area contributed by atoms with Gasteiger partial charge in [0.2, 0.25) is 5.96 Å². The summed E-state index contributed by atoms with van der Waals surface area (Å²) in [5.74, 6) is 5.96. The predicted octanol–water partition coefficient (Wildman–Crippen LogP) is 2.32. The number of nitrogens with two attached hydrogens (primary N) is 1. The van der Waals surface area contributed by atoms with Crippen LogP contribution in [-0.2, 0) is 0 Å². The molecule has 0 saturated heterocycles. The molecule has 88 valence electrons. The Morgan fingerprint density at radius 3 is 2.38 bits per heavy atom. The van der Waals surface area contributed by atoms with Crippen LogP contribution in [0.25, 0.3) is 0 Å². The third-order valence-electron chi connectivity index (χ3n) is 2.19. The number of aliphatic imine (C=N–C) groups is 1. The largest absolute Gasteiger partial charge is 0.325 e. The zero-order chi connectivity index (χ0) is 12.1. The highest BCUT2D eigenvalue weighted by atomic mass is 79.9. The second-order valence-corrected chi connectivity index (χ2v) is 4.42. The van der Waals surface area contributed by atoms with Crippen LogP contribution >= 0.6 is 15.9 Å². The summed E-state index contributed by atoms with van der Waals surface area (Å²) < 4.78 is 1.07. The van der Waals surface area contributed by atoms with Gasteiger partial charge in [0.15, 0.2) is 0 Å². The number of halogens is 1. The first kappa shape index (κ1) is 13.0. The molecule has 5 heteroatoms. The first-order valence-corrected chi connectivity index (χ1v) is 5.92. The molecule has 0 heterocycles. The van der Waals surface area contributed by atoms with E-state index in [1.807, 2.05) is 20.8 Å². The van der Waals surface area contributed by atoms with Gasteiger partial charge in [0, 0.05) is 16.7 Å². The Bertz CT molecular complexity index is 378. The van der Waals surface area contributed by atoms with Crippen LogP contribution in [0.15, 0.2) is 21.6 Å². The van der Waals surface area contributed by atoms with E-state index in [0.717, 1.165) is 21.3 Å². The van der Waals surface area contributed by atoms with Crippen LogP contribution in [-0.4, -0.2) is 12.5 Å². The monoisotopic (exact) mass is 284 g/mol. The third kappa shape index (κ3) is 3.21. The number of hydrogen-bond acceptors (Lipinski definition) is 2. The van der Waals surface area contributed by atoms with E-state index in [1.54, 1.807) is 0 Å². The number of nitrogens with one attached hydrogen (secondary N) is 2. The second kappa shape index (κ2) is 5.86. The fraction of sp³-hybridized carbons (Fsp3) is 0.364. The summed E-state index contributed by atoms with van der Waals surface area (Å²) in [5, 5.41) is 3.19. The summed E-state index contributed by atoms with van der Waals surface area (Å²) in [4.78, 5) is 4.20. The molecule has 0 fully saturated rings. The number of anilines is 1. The van der Waals surface area contributed by atoms with Crippen LogP contribution in [0.4, 0.5) is 5.69 Å². The van der Waals surface area contributed by atoms with Crippen LogP contribution in [0.2, 0.25) is 0 Å². The van der Waals surface area contributed by atoms with Gasteiger partial charge in [-0.25, -0.2) is 5.84 Å². The van der Waals surface area contributed by atoms with Crippen LogP contribution < -0.4 is 16.6 Å². The molecule has 0 bridgehead atoms. The van der Waals surface area contributed by atoms with Crippen LogP contribution in [0, 0.1) is 13.8 Å². The fourth-order valence-electron chi connectivity index (χ4n) is 1.51. The Morgan fingerprint density at radius 2 is 1.94 bits per heavy atom. The molecular weight excluding hydrogens is 268 g/mol. The van der Waals surface area contributed by atoms with E-state index in [9.17, 15) is 0 Å². The summed E-state index contributed by atoms with van der Waals surface area (Å²) in [5.41, 5.74) is 5.87. The van der Waals surface area contributed by atoms with Gasteiger partial charge >= 0.3 is 0 Å². The maximum absolute atomic E-state index is 5.38. The van der Waals surface area contributed by atoms with Gasteiger partial charge in [-0.05, 0) is 44.0 Å². The molecule has 1 aromatic carbocycles. The number of hydrogen-bond donors (Lipinski definition) is 3. The third-order valence-corrected chi connectivity index (χ3v) is 2.65.